The van der Waals surface area contributed by atoms with Crippen LogP contribution in [-0.2, 0) is 0 Å². The van der Waals surface area contributed by atoms with Gasteiger partial charge in [-0.25, -0.2) is 4.99 Å². The number of aryl methyl sites for hydroxylation is 1. The lowest BCUT2D eigenvalue weighted by molar-refractivity contribution is -0.0577. The zero-order valence-electron chi connectivity index (χ0n) is 17.0. The molecule has 2 aromatic carbocycles. The molecule has 0 aliphatic carbocycles. The Kier molecular flexibility index (Phi) is 7.83. The van der Waals surface area contributed by atoms with Gasteiger partial charge in [-0.1, -0.05) is 71.2 Å². The first-order chi connectivity index (χ1) is 15.2. The Morgan fingerprint density at radius 3 is 2.47 bits per heavy atom. The molecule has 3 rings (SSSR count). The van der Waals surface area contributed by atoms with Crippen molar-refractivity contribution in [2.45, 2.75) is 13.1 Å². The van der Waals surface area contributed by atoms with Gasteiger partial charge in [0.1, 0.15) is 23.2 Å². The summed E-state index contributed by atoms with van der Waals surface area (Å²) in [5, 5.41) is 2.67. The number of ether oxygens (including phenoxy) is 1. The second kappa shape index (κ2) is 10.6. The van der Waals surface area contributed by atoms with Gasteiger partial charge in [0.2, 0.25) is 0 Å². The summed E-state index contributed by atoms with van der Waals surface area (Å²) in [6.45, 7) is 1.84. The molecule has 0 spiro atoms. The molecule has 1 aliphatic rings. The van der Waals surface area contributed by atoms with Crippen LogP contribution in [0.4, 0.5) is 13.2 Å². The summed E-state index contributed by atoms with van der Waals surface area (Å²) < 4.78 is 46.0. The van der Waals surface area contributed by atoms with Crippen LogP contribution in [0.3, 0.4) is 0 Å². The second-order valence-electron chi connectivity index (χ2n) is 6.87. The van der Waals surface area contributed by atoms with E-state index in [1.54, 1.807) is 12.1 Å². The molecule has 0 unspecified atom stereocenters. The minimum absolute atomic E-state index is 0.0988. The maximum Gasteiger partial charge on any atom is 0.433 e. The lowest BCUT2D eigenvalue weighted by Gasteiger charge is -2.13. The van der Waals surface area contributed by atoms with Gasteiger partial charge in [0.25, 0.3) is 0 Å². The SMILES string of the molecule is Cc1cccc(-c2ccc(OC/C3=C/C(C(F)(F)F)=N\C(Cl)=C/C=C\C(Cl)=C\N3)cc2)c1. The van der Waals surface area contributed by atoms with Crippen LogP contribution in [0.1, 0.15) is 5.56 Å². The van der Waals surface area contributed by atoms with E-state index in [-0.39, 0.29) is 22.5 Å². The summed E-state index contributed by atoms with van der Waals surface area (Å²) in [5.74, 6) is 0.497. The highest BCUT2D eigenvalue weighted by molar-refractivity contribution is 6.31. The van der Waals surface area contributed by atoms with E-state index < -0.39 is 11.9 Å². The number of nitrogens with zero attached hydrogens (tertiary/aromatic N) is 1. The van der Waals surface area contributed by atoms with Gasteiger partial charge in [-0.2, -0.15) is 13.2 Å². The number of rotatable bonds is 4. The number of allylic oxidation sites excluding steroid dienone is 5. The molecule has 166 valence electrons. The fourth-order valence-electron chi connectivity index (χ4n) is 2.78. The van der Waals surface area contributed by atoms with Crippen molar-refractivity contribution in [1.29, 1.82) is 0 Å². The lowest BCUT2D eigenvalue weighted by Crippen LogP contribution is -2.24. The van der Waals surface area contributed by atoms with Crippen LogP contribution >= 0.6 is 23.2 Å². The molecule has 1 N–H and O–H groups in total. The summed E-state index contributed by atoms with van der Waals surface area (Å²) in [4.78, 5) is 3.46. The van der Waals surface area contributed by atoms with Crippen LogP contribution in [0.5, 0.6) is 5.75 Å². The third-order valence-electron chi connectivity index (χ3n) is 4.31. The second-order valence-corrected chi connectivity index (χ2v) is 7.69. The lowest BCUT2D eigenvalue weighted by atomic mass is 10.0. The van der Waals surface area contributed by atoms with E-state index in [9.17, 15) is 13.2 Å². The zero-order chi connectivity index (χ0) is 23.1. The number of alkyl halides is 3. The number of hydrogen-bond acceptors (Lipinski definition) is 3. The predicted octanol–water partition coefficient (Wildman–Crippen LogP) is 7.25. The fraction of sp³-hybridized carbons (Fsp3) is 0.125. The van der Waals surface area contributed by atoms with E-state index >= 15 is 0 Å². The molecule has 0 radical (unpaired) electrons. The van der Waals surface area contributed by atoms with Crippen LogP contribution in [0.25, 0.3) is 11.1 Å². The van der Waals surface area contributed by atoms with Gasteiger partial charge >= 0.3 is 6.18 Å². The van der Waals surface area contributed by atoms with Gasteiger partial charge in [-0.05, 0) is 48.4 Å². The Hall–Kier alpha value is -2.96. The van der Waals surface area contributed by atoms with Crippen LogP contribution < -0.4 is 10.1 Å². The van der Waals surface area contributed by atoms with E-state index in [1.165, 1.54) is 24.4 Å². The summed E-state index contributed by atoms with van der Waals surface area (Å²) in [6.07, 6.45) is 1.57. The maximum atomic E-state index is 13.4. The van der Waals surface area contributed by atoms with Crippen LogP contribution in [0.15, 0.2) is 99.9 Å². The Morgan fingerprint density at radius 2 is 1.78 bits per heavy atom. The average molecular weight is 479 g/mol. The van der Waals surface area contributed by atoms with Crippen LogP contribution in [0, 0.1) is 6.92 Å². The molecule has 2 aromatic rings. The van der Waals surface area contributed by atoms with Crippen molar-refractivity contribution in [2.24, 2.45) is 4.99 Å². The number of hydrogen-bond donors (Lipinski definition) is 1. The van der Waals surface area contributed by atoms with Crippen molar-refractivity contribution in [3.63, 3.8) is 0 Å². The van der Waals surface area contributed by atoms with Crippen LogP contribution in [0.2, 0.25) is 0 Å². The molecular formula is C24H19Cl2F3N2O. The summed E-state index contributed by atoms with van der Waals surface area (Å²) in [6, 6.07) is 15.3. The van der Waals surface area contributed by atoms with E-state index in [1.807, 2.05) is 37.3 Å². The van der Waals surface area contributed by atoms with E-state index in [2.05, 4.69) is 16.4 Å². The molecule has 0 amide bonds. The highest BCUT2D eigenvalue weighted by Crippen LogP contribution is 2.24. The molecule has 0 saturated heterocycles. The smallest absolute Gasteiger partial charge is 0.433 e. The largest absolute Gasteiger partial charge is 0.487 e. The molecule has 0 bridgehead atoms. The van der Waals surface area contributed by atoms with E-state index in [0.29, 0.717) is 5.75 Å². The van der Waals surface area contributed by atoms with Gasteiger partial charge in [0, 0.05) is 6.20 Å². The fourth-order valence-corrected chi connectivity index (χ4v) is 3.07. The Balaban J connectivity index is 1.81. The first kappa shape index (κ1) is 23.7. The van der Waals surface area contributed by atoms with Crippen molar-refractivity contribution >= 4 is 28.9 Å². The van der Waals surface area contributed by atoms with Crippen molar-refractivity contribution in [2.75, 3.05) is 6.61 Å². The van der Waals surface area contributed by atoms with Crippen molar-refractivity contribution in [3.8, 4) is 16.9 Å². The number of nitrogens with one attached hydrogen (secondary N) is 1. The molecule has 0 atom stereocenters. The molecule has 3 nitrogen and oxygen atoms in total. The monoisotopic (exact) mass is 478 g/mol. The van der Waals surface area contributed by atoms with Gasteiger partial charge < -0.3 is 10.1 Å². The molecular weight excluding hydrogens is 460 g/mol. The Bertz CT molecular complexity index is 1110. The standard InChI is InChI=1S/C24H19Cl2F3N2O/c1-16-4-2-5-18(12-16)17-8-10-21(11-9-17)32-15-20-13-22(24(27,28)29)31-23(26)7-3-6-19(25)14-30-20/h2-14,30H,15H2,1H3/b6-3-,19-14-,20-13-,23-7-,31-22+. The average Bonchev–Trinajstić information content (AvgIpc) is 2.77. The molecule has 1 aliphatic heterocycles. The van der Waals surface area contributed by atoms with Gasteiger partial charge in [-0.15, -0.1) is 0 Å². The molecule has 0 aromatic heterocycles. The third kappa shape index (κ3) is 7.04. The molecule has 8 heteroatoms. The molecule has 0 fully saturated rings. The highest BCUT2D eigenvalue weighted by atomic mass is 35.5. The number of benzene rings is 2. The topological polar surface area (TPSA) is 33.6 Å². The predicted molar refractivity (Wildman–Crippen MR) is 124 cm³/mol. The van der Waals surface area contributed by atoms with Gasteiger partial charge in [-0.3, -0.25) is 0 Å². The summed E-state index contributed by atoms with van der Waals surface area (Å²) in [7, 11) is 0. The quantitative estimate of drug-likeness (QED) is 0.469. The number of aliphatic imine (C=N–C) groups is 1. The first-order valence-corrected chi connectivity index (χ1v) is 10.3. The van der Waals surface area contributed by atoms with Gasteiger partial charge in [0.05, 0.1) is 10.7 Å². The van der Waals surface area contributed by atoms with Crippen LogP contribution in [-0.4, -0.2) is 18.5 Å². The highest BCUT2D eigenvalue weighted by Gasteiger charge is 2.34. The van der Waals surface area contributed by atoms with E-state index in [4.69, 9.17) is 27.9 Å². The molecule has 32 heavy (non-hydrogen) atoms. The number of halogens is 5. The summed E-state index contributed by atoms with van der Waals surface area (Å²) in [5.41, 5.74) is 2.14. The summed E-state index contributed by atoms with van der Waals surface area (Å²) >= 11 is 11.8. The molecule has 0 saturated carbocycles. The molecule has 1 heterocycles. The maximum absolute atomic E-state index is 13.4. The minimum atomic E-state index is -4.71. The zero-order valence-corrected chi connectivity index (χ0v) is 18.5. The van der Waals surface area contributed by atoms with Crippen molar-refractivity contribution < 1.29 is 17.9 Å². The van der Waals surface area contributed by atoms with Gasteiger partial charge in [0.15, 0.2) is 0 Å². The minimum Gasteiger partial charge on any atom is -0.487 e. The normalized spacial score (nSPS) is 22.4. The Morgan fingerprint density at radius 1 is 1.03 bits per heavy atom. The van der Waals surface area contributed by atoms with Crippen molar-refractivity contribution in [3.05, 3.63) is 100 Å². The first-order valence-electron chi connectivity index (χ1n) is 9.53. The van der Waals surface area contributed by atoms with Crippen molar-refractivity contribution in [1.82, 2.24) is 5.32 Å². The van der Waals surface area contributed by atoms with E-state index in [0.717, 1.165) is 22.8 Å². The Labute approximate surface area is 194 Å². The third-order valence-corrected chi connectivity index (χ3v) is 4.76.